The van der Waals surface area contributed by atoms with Crippen LogP contribution in [0, 0.1) is 18.3 Å². The van der Waals surface area contributed by atoms with Crippen molar-refractivity contribution >= 4 is 28.2 Å². The number of rotatable bonds is 3. The molecule has 1 aromatic heterocycles. The molecule has 1 aliphatic heterocycles. The van der Waals surface area contributed by atoms with Crippen LogP contribution in [0.2, 0.25) is 0 Å². The van der Waals surface area contributed by atoms with Crippen LogP contribution in [-0.2, 0) is 17.6 Å². The van der Waals surface area contributed by atoms with Gasteiger partial charge in [0.2, 0.25) is 0 Å². The number of nitrogens with one attached hydrogen (secondary N) is 1. The van der Waals surface area contributed by atoms with Gasteiger partial charge >= 0.3 is 0 Å². The predicted octanol–water partition coefficient (Wildman–Crippen LogP) is 5.71. The van der Waals surface area contributed by atoms with E-state index in [1.54, 1.807) is 11.3 Å². The third-order valence-corrected chi connectivity index (χ3v) is 8.09. The molecule has 0 spiro atoms. The van der Waals surface area contributed by atoms with Gasteiger partial charge in [0.25, 0.3) is 11.8 Å². The number of amides is 2. The maximum absolute atomic E-state index is 13.8. The maximum atomic E-state index is 13.8. The second-order valence-corrected chi connectivity index (χ2v) is 11.9. The fourth-order valence-electron chi connectivity index (χ4n) is 5.10. The van der Waals surface area contributed by atoms with Crippen LogP contribution in [0.15, 0.2) is 24.3 Å². The second kappa shape index (κ2) is 9.22. The molecule has 3 atom stereocenters. The van der Waals surface area contributed by atoms with E-state index in [0.29, 0.717) is 35.1 Å². The summed E-state index contributed by atoms with van der Waals surface area (Å²) < 4.78 is 5.85. The second-order valence-electron chi connectivity index (χ2n) is 10.8. The minimum atomic E-state index is -0.164. The van der Waals surface area contributed by atoms with Crippen molar-refractivity contribution in [2.24, 2.45) is 11.3 Å². The van der Waals surface area contributed by atoms with Gasteiger partial charge in [-0.2, -0.15) is 0 Å². The van der Waals surface area contributed by atoms with Gasteiger partial charge in [0, 0.05) is 23.5 Å². The van der Waals surface area contributed by atoms with E-state index in [1.807, 2.05) is 49.9 Å². The lowest BCUT2D eigenvalue weighted by molar-refractivity contribution is -0.0586. The molecule has 1 saturated heterocycles. The molecule has 178 valence electrons. The first-order valence-electron chi connectivity index (χ1n) is 12.0. The van der Waals surface area contributed by atoms with Crippen molar-refractivity contribution in [1.29, 1.82) is 0 Å². The molecule has 5 nitrogen and oxygen atoms in total. The number of nitrogens with zero attached hydrogens (tertiary/aromatic N) is 1. The van der Waals surface area contributed by atoms with E-state index in [9.17, 15) is 9.59 Å². The van der Waals surface area contributed by atoms with Crippen molar-refractivity contribution in [3.63, 3.8) is 0 Å². The molecule has 2 heterocycles. The molecule has 0 unspecified atom stereocenters. The molecular formula is C27H36N2O3S. The van der Waals surface area contributed by atoms with Crippen LogP contribution in [0.3, 0.4) is 0 Å². The van der Waals surface area contributed by atoms with E-state index < -0.39 is 0 Å². The molecule has 1 aliphatic carbocycles. The molecule has 4 rings (SSSR count). The zero-order chi connectivity index (χ0) is 23.9. The van der Waals surface area contributed by atoms with E-state index >= 15 is 0 Å². The summed E-state index contributed by atoms with van der Waals surface area (Å²) in [7, 11) is 0. The number of benzene rings is 1. The van der Waals surface area contributed by atoms with Gasteiger partial charge in [-0.05, 0) is 69.1 Å². The quantitative estimate of drug-likeness (QED) is 0.628. The molecule has 1 aromatic carbocycles. The van der Waals surface area contributed by atoms with Gasteiger partial charge in [0.15, 0.2) is 0 Å². The summed E-state index contributed by atoms with van der Waals surface area (Å²) in [6.45, 7) is 14.0. The van der Waals surface area contributed by atoms with Gasteiger partial charge in [-0.1, -0.05) is 38.5 Å². The summed E-state index contributed by atoms with van der Waals surface area (Å²) in [5, 5.41) is 3.80. The highest BCUT2D eigenvalue weighted by Crippen LogP contribution is 2.45. The van der Waals surface area contributed by atoms with E-state index in [4.69, 9.17) is 4.74 Å². The normalized spacial score (nSPS) is 23.2. The highest BCUT2D eigenvalue weighted by molar-refractivity contribution is 7.17. The maximum Gasteiger partial charge on any atom is 0.257 e. The first kappa shape index (κ1) is 24.0. The van der Waals surface area contributed by atoms with Crippen LogP contribution in [0.1, 0.15) is 77.8 Å². The Morgan fingerprint density at radius 3 is 2.48 bits per heavy atom. The van der Waals surface area contributed by atoms with Gasteiger partial charge in [0.1, 0.15) is 5.00 Å². The summed E-state index contributed by atoms with van der Waals surface area (Å²) in [5.74, 6) is 0.418. The van der Waals surface area contributed by atoms with Crippen LogP contribution in [-0.4, -0.2) is 42.0 Å². The number of aryl methyl sites for hydroxylation is 1. The molecule has 2 aromatic rings. The lowest BCUT2D eigenvalue weighted by atomic mass is 9.72. The van der Waals surface area contributed by atoms with Gasteiger partial charge in [0.05, 0.1) is 17.8 Å². The SMILES string of the molecule is Cc1cccc(C(=O)Nc2sc3c(c2C(=O)N2C[C@@H](C)O[C@H](C)C2)CC[C@@H](C(C)(C)C)C3)c1. The Kier molecular flexibility index (Phi) is 6.70. The Hall–Kier alpha value is -2.18. The number of hydrogen-bond acceptors (Lipinski definition) is 4. The first-order chi connectivity index (χ1) is 15.5. The zero-order valence-electron chi connectivity index (χ0n) is 20.7. The molecule has 0 bridgehead atoms. The van der Waals surface area contributed by atoms with Crippen molar-refractivity contribution < 1.29 is 14.3 Å². The molecule has 33 heavy (non-hydrogen) atoms. The third-order valence-electron chi connectivity index (χ3n) is 6.92. The number of ether oxygens (including phenoxy) is 1. The number of carbonyl (C=O) groups is 2. The molecule has 2 aliphatic rings. The van der Waals surface area contributed by atoms with Crippen LogP contribution >= 0.6 is 11.3 Å². The Bertz CT molecular complexity index is 1040. The van der Waals surface area contributed by atoms with Crippen molar-refractivity contribution in [2.75, 3.05) is 18.4 Å². The minimum absolute atomic E-state index is 0.00256. The van der Waals surface area contributed by atoms with Gasteiger partial charge in [-0.25, -0.2) is 0 Å². The fourth-order valence-corrected chi connectivity index (χ4v) is 6.42. The Morgan fingerprint density at radius 2 is 1.85 bits per heavy atom. The number of thiophene rings is 1. The van der Waals surface area contributed by atoms with Crippen LogP contribution in [0.4, 0.5) is 5.00 Å². The highest BCUT2D eigenvalue weighted by Gasteiger charge is 2.36. The summed E-state index contributed by atoms with van der Waals surface area (Å²) in [6, 6.07) is 7.56. The monoisotopic (exact) mass is 468 g/mol. The summed E-state index contributed by atoms with van der Waals surface area (Å²) in [5.41, 5.74) is 3.70. The topological polar surface area (TPSA) is 58.6 Å². The number of hydrogen-bond donors (Lipinski definition) is 1. The van der Waals surface area contributed by atoms with Crippen LogP contribution < -0.4 is 5.32 Å². The molecule has 6 heteroatoms. The number of fused-ring (bicyclic) bond motifs is 1. The standard InChI is InChI=1S/C27H36N2O3S/c1-16-8-7-9-19(12-16)24(30)28-25-23(26(31)29-14-17(2)32-18(3)15-29)21-11-10-20(27(4,5)6)13-22(21)33-25/h7-9,12,17-18,20H,10-11,13-15H2,1-6H3,(H,28,30)/t17-,18-,20-/m1/s1. The average molecular weight is 469 g/mol. The molecule has 1 fully saturated rings. The van der Waals surface area contributed by atoms with E-state index in [2.05, 4.69) is 26.1 Å². The predicted molar refractivity (Wildman–Crippen MR) is 134 cm³/mol. The minimum Gasteiger partial charge on any atom is -0.372 e. The molecule has 0 saturated carbocycles. The van der Waals surface area contributed by atoms with Crippen molar-refractivity contribution in [3.05, 3.63) is 51.4 Å². The van der Waals surface area contributed by atoms with E-state index in [0.717, 1.165) is 30.4 Å². The molecule has 0 radical (unpaired) electrons. The summed E-state index contributed by atoms with van der Waals surface area (Å²) in [6.07, 6.45) is 2.91. The van der Waals surface area contributed by atoms with E-state index in [1.165, 1.54) is 4.88 Å². The molecular weight excluding hydrogens is 432 g/mol. The van der Waals surface area contributed by atoms with E-state index in [-0.39, 0.29) is 29.4 Å². The highest BCUT2D eigenvalue weighted by atomic mass is 32.1. The van der Waals surface area contributed by atoms with Crippen molar-refractivity contribution in [2.45, 2.75) is 73.0 Å². The lowest BCUT2D eigenvalue weighted by Crippen LogP contribution is -2.48. The number of anilines is 1. The lowest BCUT2D eigenvalue weighted by Gasteiger charge is -2.36. The summed E-state index contributed by atoms with van der Waals surface area (Å²) >= 11 is 1.59. The number of carbonyl (C=O) groups excluding carboxylic acids is 2. The molecule has 2 amide bonds. The van der Waals surface area contributed by atoms with Crippen molar-refractivity contribution in [3.8, 4) is 0 Å². The van der Waals surface area contributed by atoms with Crippen LogP contribution in [0.5, 0.6) is 0 Å². The number of morpholine rings is 1. The Morgan fingerprint density at radius 1 is 1.15 bits per heavy atom. The average Bonchev–Trinajstić information content (AvgIpc) is 3.08. The first-order valence-corrected chi connectivity index (χ1v) is 12.8. The Balaban J connectivity index is 1.70. The van der Waals surface area contributed by atoms with Gasteiger partial charge in [-0.3, -0.25) is 9.59 Å². The van der Waals surface area contributed by atoms with Crippen molar-refractivity contribution in [1.82, 2.24) is 4.90 Å². The van der Waals surface area contributed by atoms with Gasteiger partial charge in [-0.15, -0.1) is 11.3 Å². The smallest absolute Gasteiger partial charge is 0.257 e. The third kappa shape index (κ3) is 5.17. The van der Waals surface area contributed by atoms with Gasteiger partial charge < -0.3 is 15.0 Å². The zero-order valence-corrected chi connectivity index (χ0v) is 21.5. The fraction of sp³-hybridized carbons (Fsp3) is 0.556. The summed E-state index contributed by atoms with van der Waals surface area (Å²) in [4.78, 5) is 30.1. The van der Waals surface area contributed by atoms with Crippen LogP contribution in [0.25, 0.3) is 0 Å². The Labute approximate surface area is 201 Å². The molecule has 1 N–H and O–H groups in total. The largest absolute Gasteiger partial charge is 0.372 e.